The van der Waals surface area contributed by atoms with Crippen LogP contribution in [0, 0.1) is 12.7 Å². The van der Waals surface area contributed by atoms with E-state index in [1.807, 2.05) is 19.1 Å². The lowest BCUT2D eigenvalue weighted by molar-refractivity contribution is -0.136. The second kappa shape index (κ2) is 6.84. The Morgan fingerprint density at radius 1 is 1.12 bits per heavy atom. The molecule has 5 nitrogen and oxygen atoms in total. The third-order valence-corrected chi connectivity index (χ3v) is 6.27. The molecule has 25 heavy (non-hydrogen) atoms. The summed E-state index contributed by atoms with van der Waals surface area (Å²) in [5, 5.41) is -0.665. The molecule has 0 atom stereocenters. The molecule has 1 aliphatic rings. The number of ether oxygens (including phenoxy) is 1. The minimum atomic E-state index is -3.56. The van der Waals surface area contributed by atoms with E-state index in [4.69, 9.17) is 4.74 Å². The molecular weight excluding hydrogens is 345 g/mol. The Balaban J connectivity index is 1.53. The van der Waals surface area contributed by atoms with Crippen LogP contribution in [-0.2, 0) is 14.6 Å². The van der Waals surface area contributed by atoms with Gasteiger partial charge in [0.1, 0.15) is 16.8 Å². The van der Waals surface area contributed by atoms with Gasteiger partial charge in [-0.05, 0) is 43.3 Å². The number of carbonyl (C=O) groups excluding carboxylic acids is 1. The van der Waals surface area contributed by atoms with E-state index in [9.17, 15) is 17.6 Å². The van der Waals surface area contributed by atoms with E-state index in [0.717, 1.165) is 17.7 Å². The first-order chi connectivity index (χ1) is 11.9. The molecule has 132 valence electrons. The molecule has 1 heterocycles. The number of rotatable bonds is 5. The molecule has 0 bridgehead atoms. The Kier molecular flexibility index (Phi) is 4.76. The van der Waals surface area contributed by atoms with Crippen molar-refractivity contribution in [1.29, 1.82) is 0 Å². The summed E-state index contributed by atoms with van der Waals surface area (Å²) in [6.07, 6.45) is 0. The highest BCUT2D eigenvalue weighted by Crippen LogP contribution is 2.24. The summed E-state index contributed by atoms with van der Waals surface area (Å²) < 4.78 is 43.2. The van der Waals surface area contributed by atoms with E-state index in [0.29, 0.717) is 5.75 Å². The Hall–Kier alpha value is -2.41. The molecule has 0 radical (unpaired) electrons. The minimum absolute atomic E-state index is 0.0712. The number of hydrogen-bond acceptors (Lipinski definition) is 4. The van der Waals surface area contributed by atoms with Crippen LogP contribution in [0.3, 0.4) is 0 Å². The van der Waals surface area contributed by atoms with Gasteiger partial charge in [-0.15, -0.1) is 0 Å². The Morgan fingerprint density at radius 3 is 2.32 bits per heavy atom. The Morgan fingerprint density at radius 2 is 1.72 bits per heavy atom. The average molecular weight is 363 g/mol. The highest BCUT2D eigenvalue weighted by Gasteiger charge is 2.40. The maximum atomic E-state index is 12.9. The summed E-state index contributed by atoms with van der Waals surface area (Å²) in [7, 11) is -3.56. The maximum absolute atomic E-state index is 12.9. The lowest BCUT2D eigenvalue weighted by Crippen LogP contribution is -2.57. The topological polar surface area (TPSA) is 63.7 Å². The number of nitrogens with zero attached hydrogens (tertiary/aromatic N) is 1. The van der Waals surface area contributed by atoms with E-state index in [2.05, 4.69) is 0 Å². The lowest BCUT2D eigenvalue weighted by atomic mass is 10.2. The first kappa shape index (κ1) is 17.4. The summed E-state index contributed by atoms with van der Waals surface area (Å²) >= 11 is 0. The normalized spacial score (nSPS) is 14.9. The van der Waals surface area contributed by atoms with Crippen LogP contribution in [0.5, 0.6) is 5.75 Å². The smallest absolute Gasteiger partial charge is 0.260 e. The zero-order valence-corrected chi connectivity index (χ0v) is 14.5. The number of amides is 1. The van der Waals surface area contributed by atoms with Gasteiger partial charge in [-0.25, -0.2) is 12.8 Å². The van der Waals surface area contributed by atoms with Crippen LogP contribution in [0.15, 0.2) is 53.4 Å². The average Bonchev–Trinajstić information content (AvgIpc) is 2.53. The summed E-state index contributed by atoms with van der Waals surface area (Å²) in [5.41, 5.74) is 1.09. The number of sulfone groups is 1. The van der Waals surface area contributed by atoms with Crippen molar-refractivity contribution in [3.8, 4) is 5.75 Å². The fourth-order valence-electron chi connectivity index (χ4n) is 2.53. The van der Waals surface area contributed by atoms with Crippen LogP contribution < -0.4 is 4.74 Å². The van der Waals surface area contributed by atoms with Crippen molar-refractivity contribution in [2.75, 3.05) is 19.7 Å². The van der Waals surface area contributed by atoms with Crippen molar-refractivity contribution in [2.24, 2.45) is 0 Å². The number of hydrogen-bond donors (Lipinski definition) is 0. The standard InChI is InChI=1S/C18H18FNO4S/c1-13-2-6-15(7-3-13)24-12-18(21)20-10-17(11-20)25(22,23)16-8-4-14(19)5-9-16/h2-9,17H,10-12H2,1H3. The van der Waals surface area contributed by atoms with Crippen molar-refractivity contribution < 1.29 is 22.3 Å². The Bertz CT molecular complexity index is 857. The molecule has 0 spiro atoms. The van der Waals surface area contributed by atoms with Crippen molar-refractivity contribution in [3.63, 3.8) is 0 Å². The first-order valence-corrected chi connectivity index (χ1v) is 9.37. The van der Waals surface area contributed by atoms with E-state index >= 15 is 0 Å². The summed E-state index contributed by atoms with van der Waals surface area (Å²) in [6.45, 7) is 2.06. The van der Waals surface area contributed by atoms with Gasteiger partial charge in [0.2, 0.25) is 0 Å². The number of halogens is 1. The van der Waals surface area contributed by atoms with Crippen molar-refractivity contribution >= 4 is 15.7 Å². The van der Waals surface area contributed by atoms with Crippen LogP contribution in [-0.4, -0.2) is 44.2 Å². The second-order valence-electron chi connectivity index (χ2n) is 6.02. The highest BCUT2D eigenvalue weighted by atomic mass is 32.2. The third-order valence-electron chi connectivity index (χ3n) is 4.17. The van der Waals surface area contributed by atoms with E-state index in [1.54, 1.807) is 12.1 Å². The lowest BCUT2D eigenvalue weighted by Gasteiger charge is -2.38. The summed E-state index contributed by atoms with van der Waals surface area (Å²) in [6, 6.07) is 12.0. The summed E-state index contributed by atoms with van der Waals surface area (Å²) in [4.78, 5) is 13.6. The van der Waals surface area contributed by atoms with E-state index in [-0.39, 0.29) is 30.5 Å². The van der Waals surface area contributed by atoms with Gasteiger partial charge in [0.15, 0.2) is 16.4 Å². The number of carbonyl (C=O) groups is 1. The van der Waals surface area contributed by atoms with Crippen LogP contribution in [0.1, 0.15) is 5.56 Å². The number of likely N-dealkylation sites (tertiary alicyclic amines) is 1. The largest absolute Gasteiger partial charge is 0.484 e. The highest BCUT2D eigenvalue weighted by molar-refractivity contribution is 7.92. The molecule has 0 aliphatic carbocycles. The zero-order chi connectivity index (χ0) is 18.0. The van der Waals surface area contributed by atoms with Gasteiger partial charge in [0, 0.05) is 13.1 Å². The molecule has 7 heteroatoms. The molecule has 1 aliphatic heterocycles. The van der Waals surface area contributed by atoms with Crippen molar-refractivity contribution in [2.45, 2.75) is 17.1 Å². The molecule has 1 amide bonds. The van der Waals surface area contributed by atoms with Crippen molar-refractivity contribution in [3.05, 3.63) is 59.9 Å². The first-order valence-electron chi connectivity index (χ1n) is 7.83. The van der Waals surface area contributed by atoms with Crippen LogP contribution in [0.25, 0.3) is 0 Å². The molecule has 0 unspecified atom stereocenters. The molecule has 2 aromatic rings. The fraction of sp³-hybridized carbons (Fsp3) is 0.278. The quantitative estimate of drug-likeness (QED) is 0.764. The molecule has 1 fully saturated rings. The van der Waals surface area contributed by atoms with E-state index < -0.39 is 20.9 Å². The molecule has 1 saturated heterocycles. The predicted molar refractivity (Wildman–Crippen MR) is 90.6 cm³/mol. The van der Waals surface area contributed by atoms with Gasteiger partial charge in [-0.2, -0.15) is 0 Å². The molecule has 0 aromatic heterocycles. The SMILES string of the molecule is Cc1ccc(OCC(=O)N2CC(S(=O)(=O)c3ccc(F)cc3)C2)cc1. The van der Waals surface area contributed by atoms with Gasteiger partial charge in [0.25, 0.3) is 5.91 Å². The second-order valence-corrected chi connectivity index (χ2v) is 8.25. The third kappa shape index (κ3) is 3.82. The van der Waals surface area contributed by atoms with Gasteiger partial charge < -0.3 is 9.64 Å². The summed E-state index contributed by atoms with van der Waals surface area (Å²) in [5.74, 6) is -0.154. The molecule has 3 rings (SSSR count). The van der Waals surface area contributed by atoms with E-state index in [1.165, 1.54) is 17.0 Å². The van der Waals surface area contributed by atoms with Gasteiger partial charge >= 0.3 is 0 Å². The van der Waals surface area contributed by atoms with Crippen LogP contribution >= 0.6 is 0 Å². The van der Waals surface area contributed by atoms with Crippen LogP contribution in [0.2, 0.25) is 0 Å². The molecule has 0 N–H and O–H groups in total. The monoisotopic (exact) mass is 363 g/mol. The van der Waals surface area contributed by atoms with Gasteiger partial charge in [-0.1, -0.05) is 17.7 Å². The fourth-order valence-corrected chi connectivity index (χ4v) is 4.18. The van der Waals surface area contributed by atoms with Crippen LogP contribution in [0.4, 0.5) is 4.39 Å². The Labute approximate surface area is 145 Å². The molecule has 2 aromatic carbocycles. The molecule has 0 saturated carbocycles. The predicted octanol–water partition coefficient (Wildman–Crippen LogP) is 2.20. The maximum Gasteiger partial charge on any atom is 0.260 e. The zero-order valence-electron chi connectivity index (χ0n) is 13.7. The number of aryl methyl sites for hydroxylation is 1. The minimum Gasteiger partial charge on any atom is -0.484 e. The number of benzene rings is 2. The molecular formula is C18H18FNO4S. The van der Waals surface area contributed by atoms with Crippen molar-refractivity contribution in [1.82, 2.24) is 4.90 Å². The van der Waals surface area contributed by atoms with Gasteiger partial charge in [0.05, 0.1) is 4.90 Å². The van der Waals surface area contributed by atoms with Gasteiger partial charge in [-0.3, -0.25) is 4.79 Å².